The van der Waals surface area contributed by atoms with Gasteiger partial charge in [-0.1, -0.05) is 0 Å². The van der Waals surface area contributed by atoms with Gasteiger partial charge in [0.25, 0.3) is 0 Å². The van der Waals surface area contributed by atoms with Gasteiger partial charge in [0.15, 0.2) is 0 Å². The van der Waals surface area contributed by atoms with Gasteiger partial charge in [-0.2, -0.15) is 4.31 Å². The summed E-state index contributed by atoms with van der Waals surface area (Å²) in [5.41, 5.74) is 7.30. The smallest absolute Gasteiger partial charge is 0.243 e. The number of anilines is 1. The van der Waals surface area contributed by atoms with E-state index in [9.17, 15) is 13.2 Å². The molecular formula is C15H21N3O3S. The van der Waals surface area contributed by atoms with Gasteiger partial charge < -0.3 is 11.1 Å². The lowest BCUT2D eigenvalue weighted by molar-refractivity contribution is -0.116. The zero-order valence-electron chi connectivity index (χ0n) is 12.4. The molecule has 1 fully saturated rings. The number of nitrogens with two attached hydrogens (primary N) is 1. The Kier molecular flexibility index (Phi) is 4.20. The van der Waals surface area contributed by atoms with Gasteiger partial charge in [0.05, 0.1) is 4.90 Å². The Morgan fingerprint density at radius 3 is 2.86 bits per heavy atom. The Hall–Kier alpha value is -1.44. The Morgan fingerprint density at radius 2 is 2.09 bits per heavy atom. The van der Waals surface area contributed by atoms with Crippen LogP contribution < -0.4 is 11.1 Å². The highest BCUT2D eigenvalue weighted by Crippen LogP contribution is 2.29. The van der Waals surface area contributed by atoms with Crippen molar-refractivity contribution in [3.63, 3.8) is 0 Å². The molecule has 1 amide bonds. The molecule has 0 radical (unpaired) electrons. The number of carbonyl (C=O) groups excluding carboxylic acids is 1. The number of carbonyl (C=O) groups is 1. The van der Waals surface area contributed by atoms with Gasteiger partial charge in [-0.3, -0.25) is 4.79 Å². The first-order chi connectivity index (χ1) is 10.5. The number of sulfonamides is 1. The van der Waals surface area contributed by atoms with E-state index in [1.54, 1.807) is 18.2 Å². The highest BCUT2D eigenvalue weighted by molar-refractivity contribution is 7.89. The lowest BCUT2D eigenvalue weighted by atomic mass is 10.1. The predicted octanol–water partition coefficient (Wildman–Crippen LogP) is 1.07. The van der Waals surface area contributed by atoms with Crippen LogP contribution in [0.4, 0.5) is 5.69 Å². The molecule has 0 saturated carbocycles. The summed E-state index contributed by atoms with van der Waals surface area (Å²) in [5, 5.41) is 2.82. The van der Waals surface area contributed by atoms with Crippen molar-refractivity contribution in [2.24, 2.45) is 5.73 Å². The average molecular weight is 323 g/mol. The standard InChI is InChI=1S/C15H21N3O3S/c16-10-12-4-2-8-18(12)22(20,21)13-6-7-14-11(9-13)3-1-5-15(19)17-14/h6-7,9,12H,1-5,8,10,16H2,(H,17,19). The first-order valence-corrected chi connectivity index (χ1v) is 9.11. The molecule has 3 N–H and O–H groups in total. The number of aryl methyl sites for hydroxylation is 1. The van der Waals surface area contributed by atoms with Crippen molar-refractivity contribution in [3.05, 3.63) is 23.8 Å². The molecule has 2 aliphatic heterocycles. The normalized spacial score (nSPS) is 23.0. The van der Waals surface area contributed by atoms with Crippen molar-refractivity contribution in [2.45, 2.75) is 43.0 Å². The highest BCUT2D eigenvalue weighted by Gasteiger charge is 2.34. The SMILES string of the molecule is NCC1CCCN1S(=O)(=O)c1ccc2c(c1)CCCC(=O)N2. The van der Waals surface area contributed by atoms with Gasteiger partial charge in [-0.15, -0.1) is 0 Å². The van der Waals surface area contributed by atoms with Gasteiger partial charge in [0.2, 0.25) is 15.9 Å². The molecule has 1 unspecified atom stereocenters. The number of fused-ring (bicyclic) bond motifs is 1. The summed E-state index contributed by atoms with van der Waals surface area (Å²) in [4.78, 5) is 11.9. The van der Waals surface area contributed by atoms with Gasteiger partial charge >= 0.3 is 0 Å². The summed E-state index contributed by atoms with van der Waals surface area (Å²) in [6.07, 6.45) is 3.58. The molecule has 1 aromatic carbocycles. The van der Waals surface area contributed by atoms with Gasteiger partial charge in [0.1, 0.15) is 0 Å². The number of benzene rings is 1. The zero-order valence-corrected chi connectivity index (χ0v) is 13.2. The number of rotatable bonds is 3. The first-order valence-electron chi connectivity index (χ1n) is 7.67. The van der Waals surface area contributed by atoms with Crippen LogP contribution in [-0.2, 0) is 21.2 Å². The Labute approximate surface area is 130 Å². The second-order valence-electron chi connectivity index (χ2n) is 5.87. The molecule has 0 bridgehead atoms. The summed E-state index contributed by atoms with van der Waals surface area (Å²) >= 11 is 0. The zero-order chi connectivity index (χ0) is 15.7. The van der Waals surface area contributed by atoms with Crippen LogP contribution in [0, 0.1) is 0 Å². The molecule has 3 rings (SSSR count). The van der Waals surface area contributed by atoms with Gasteiger partial charge in [-0.25, -0.2) is 8.42 Å². The molecule has 120 valence electrons. The van der Waals surface area contributed by atoms with Crippen molar-refractivity contribution in [2.75, 3.05) is 18.4 Å². The molecule has 0 aliphatic carbocycles. The van der Waals surface area contributed by atoms with E-state index in [1.807, 2.05) is 0 Å². The monoisotopic (exact) mass is 323 g/mol. The fourth-order valence-corrected chi connectivity index (χ4v) is 4.96. The summed E-state index contributed by atoms with van der Waals surface area (Å²) in [5.74, 6) is -0.0166. The summed E-state index contributed by atoms with van der Waals surface area (Å²) in [6, 6.07) is 4.86. The minimum atomic E-state index is -3.52. The number of nitrogens with one attached hydrogen (secondary N) is 1. The van der Waals surface area contributed by atoms with E-state index in [-0.39, 0.29) is 11.9 Å². The number of hydrogen-bond donors (Lipinski definition) is 2. The van der Waals surface area contributed by atoms with Crippen molar-refractivity contribution < 1.29 is 13.2 Å². The third-order valence-corrected chi connectivity index (χ3v) is 6.35. The van der Waals surface area contributed by atoms with Crippen LogP contribution in [0.25, 0.3) is 0 Å². The van der Waals surface area contributed by atoms with Crippen LogP contribution in [0.3, 0.4) is 0 Å². The minimum Gasteiger partial charge on any atom is -0.329 e. The van der Waals surface area contributed by atoms with Gasteiger partial charge in [-0.05, 0) is 49.4 Å². The quantitative estimate of drug-likeness (QED) is 0.870. The molecule has 6 nitrogen and oxygen atoms in total. The molecule has 1 atom stereocenters. The van der Waals surface area contributed by atoms with Crippen LogP contribution in [0.1, 0.15) is 31.2 Å². The fraction of sp³-hybridized carbons (Fsp3) is 0.533. The molecule has 1 saturated heterocycles. The molecular weight excluding hydrogens is 302 g/mol. The van der Waals surface area contributed by atoms with Crippen LogP contribution in [0.2, 0.25) is 0 Å². The second kappa shape index (κ2) is 5.98. The molecule has 7 heteroatoms. The van der Waals surface area contributed by atoms with E-state index in [4.69, 9.17) is 5.73 Å². The second-order valence-corrected chi connectivity index (χ2v) is 7.76. The molecule has 22 heavy (non-hydrogen) atoms. The van der Waals surface area contributed by atoms with Crippen molar-refractivity contribution in [1.82, 2.24) is 4.31 Å². The Morgan fingerprint density at radius 1 is 1.27 bits per heavy atom. The van der Waals surface area contributed by atoms with E-state index in [2.05, 4.69) is 5.32 Å². The van der Waals surface area contributed by atoms with Gasteiger partial charge in [0, 0.05) is 31.2 Å². The number of hydrogen-bond acceptors (Lipinski definition) is 4. The van der Waals surface area contributed by atoms with E-state index >= 15 is 0 Å². The van der Waals surface area contributed by atoms with Crippen molar-refractivity contribution >= 4 is 21.6 Å². The van der Waals surface area contributed by atoms with Crippen LogP contribution >= 0.6 is 0 Å². The van der Waals surface area contributed by atoms with E-state index in [0.29, 0.717) is 30.8 Å². The predicted molar refractivity (Wildman–Crippen MR) is 84.0 cm³/mol. The number of amides is 1. The van der Waals surface area contributed by atoms with E-state index < -0.39 is 10.0 Å². The van der Waals surface area contributed by atoms with Crippen LogP contribution in [0.15, 0.2) is 23.1 Å². The third-order valence-electron chi connectivity index (χ3n) is 4.40. The molecule has 0 spiro atoms. The Bertz CT molecular complexity index is 687. The topological polar surface area (TPSA) is 92.5 Å². The maximum absolute atomic E-state index is 12.8. The summed E-state index contributed by atoms with van der Waals surface area (Å²) in [7, 11) is -3.52. The largest absolute Gasteiger partial charge is 0.329 e. The summed E-state index contributed by atoms with van der Waals surface area (Å²) in [6.45, 7) is 0.873. The summed E-state index contributed by atoms with van der Waals surface area (Å²) < 4.78 is 27.2. The van der Waals surface area contributed by atoms with Crippen molar-refractivity contribution in [3.8, 4) is 0 Å². The molecule has 2 heterocycles. The lowest BCUT2D eigenvalue weighted by Crippen LogP contribution is -2.39. The lowest BCUT2D eigenvalue weighted by Gasteiger charge is -2.23. The number of nitrogens with zero attached hydrogens (tertiary/aromatic N) is 1. The molecule has 1 aromatic rings. The van der Waals surface area contributed by atoms with Crippen molar-refractivity contribution in [1.29, 1.82) is 0 Å². The van der Waals surface area contributed by atoms with Crippen LogP contribution in [0.5, 0.6) is 0 Å². The molecule has 0 aromatic heterocycles. The average Bonchev–Trinajstić information content (AvgIpc) is 2.90. The third kappa shape index (κ3) is 2.76. The minimum absolute atomic E-state index is 0.0166. The fourth-order valence-electron chi connectivity index (χ4n) is 3.21. The van der Waals surface area contributed by atoms with Crippen LogP contribution in [-0.4, -0.2) is 37.8 Å². The maximum atomic E-state index is 12.8. The maximum Gasteiger partial charge on any atom is 0.243 e. The highest BCUT2D eigenvalue weighted by atomic mass is 32.2. The first kappa shape index (κ1) is 15.5. The molecule has 2 aliphatic rings. The van der Waals surface area contributed by atoms with E-state index in [1.165, 1.54) is 4.31 Å². The van der Waals surface area contributed by atoms with E-state index in [0.717, 1.165) is 30.5 Å². The Balaban J connectivity index is 1.95.